The number of halogens is 1. The topological polar surface area (TPSA) is 76.1 Å². The first-order chi connectivity index (χ1) is 9.22. The van der Waals surface area contributed by atoms with Gasteiger partial charge in [0.15, 0.2) is 5.82 Å². The highest BCUT2D eigenvalue weighted by Gasteiger charge is 2.07. The lowest BCUT2D eigenvalue weighted by molar-refractivity contribution is -0.121. The first-order valence-corrected chi connectivity index (χ1v) is 6.44. The molecule has 19 heavy (non-hydrogen) atoms. The number of ether oxygens (including phenoxy) is 1. The van der Waals surface area contributed by atoms with E-state index in [4.69, 9.17) is 4.74 Å². The van der Waals surface area contributed by atoms with E-state index < -0.39 is 0 Å². The zero-order chi connectivity index (χ0) is 13.7. The monoisotopic (exact) mass is 324 g/mol. The second-order valence-corrected chi connectivity index (χ2v) is 4.63. The van der Waals surface area contributed by atoms with Gasteiger partial charge in [-0.05, 0) is 28.1 Å². The molecule has 1 aromatic heterocycles. The number of hydrogen-bond donors (Lipinski definition) is 2. The molecule has 1 amide bonds. The van der Waals surface area contributed by atoms with Gasteiger partial charge in [-0.1, -0.05) is 6.07 Å². The zero-order valence-electron chi connectivity index (χ0n) is 10.3. The minimum atomic E-state index is -0.163. The molecule has 0 atom stereocenters. The van der Waals surface area contributed by atoms with Crippen LogP contribution >= 0.6 is 15.9 Å². The molecule has 0 aliphatic heterocycles. The lowest BCUT2D eigenvalue weighted by Crippen LogP contribution is -2.30. The number of benzene rings is 1. The van der Waals surface area contributed by atoms with Gasteiger partial charge >= 0.3 is 0 Å². The minimum absolute atomic E-state index is 0.163. The molecule has 6 nitrogen and oxygen atoms in total. The second-order valence-electron chi connectivity index (χ2n) is 3.77. The van der Waals surface area contributed by atoms with Gasteiger partial charge in [0.05, 0.1) is 18.5 Å². The maximum atomic E-state index is 11.5. The van der Waals surface area contributed by atoms with Gasteiger partial charge in [0, 0.05) is 17.0 Å². The summed E-state index contributed by atoms with van der Waals surface area (Å²) in [4.78, 5) is 19.8. The third kappa shape index (κ3) is 3.39. The summed E-state index contributed by atoms with van der Waals surface area (Å²) in [5.41, 5.74) is 6.15. The van der Waals surface area contributed by atoms with Gasteiger partial charge in [0.1, 0.15) is 6.33 Å². The van der Waals surface area contributed by atoms with Gasteiger partial charge in [-0.3, -0.25) is 15.6 Å². The first kappa shape index (κ1) is 13.7. The number of nitrogens with one attached hydrogen (secondary N) is 2. The number of hydrazine groups is 1. The fourth-order valence-electron chi connectivity index (χ4n) is 1.54. The van der Waals surface area contributed by atoms with Crippen molar-refractivity contribution in [1.29, 1.82) is 0 Å². The van der Waals surface area contributed by atoms with Crippen LogP contribution in [-0.2, 0) is 9.53 Å². The molecule has 0 radical (unpaired) electrons. The predicted molar refractivity (Wildman–Crippen MR) is 75.5 cm³/mol. The zero-order valence-corrected chi connectivity index (χ0v) is 11.9. The van der Waals surface area contributed by atoms with E-state index in [9.17, 15) is 4.79 Å². The van der Waals surface area contributed by atoms with Crippen molar-refractivity contribution < 1.29 is 9.53 Å². The summed E-state index contributed by atoms with van der Waals surface area (Å²) in [6.07, 6.45) is 1.73. The van der Waals surface area contributed by atoms with E-state index in [0.29, 0.717) is 12.4 Å². The summed E-state index contributed by atoms with van der Waals surface area (Å²) >= 11 is 3.42. The van der Waals surface area contributed by atoms with Crippen LogP contribution in [0, 0.1) is 0 Å². The number of rotatable bonds is 5. The highest BCUT2D eigenvalue weighted by atomic mass is 79.9. The van der Waals surface area contributed by atoms with Crippen molar-refractivity contribution in [3.8, 4) is 0 Å². The van der Waals surface area contributed by atoms with E-state index in [2.05, 4.69) is 36.7 Å². The number of carbonyl (C=O) groups excluding carboxylic acids is 1. The van der Waals surface area contributed by atoms with Crippen molar-refractivity contribution in [2.75, 3.05) is 19.1 Å². The van der Waals surface area contributed by atoms with Gasteiger partial charge in [0.25, 0.3) is 0 Å². The maximum absolute atomic E-state index is 11.5. The fourth-order valence-corrected chi connectivity index (χ4v) is 2.01. The first-order valence-electron chi connectivity index (χ1n) is 5.65. The molecule has 2 N–H and O–H groups in total. The average Bonchev–Trinajstić information content (AvgIpc) is 2.43. The number of aromatic nitrogens is 2. The van der Waals surface area contributed by atoms with Crippen LogP contribution in [0.3, 0.4) is 0 Å². The van der Waals surface area contributed by atoms with Gasteiger partial charge in [0.2, 0.25) is 5.91 Å². The highest BCUT2D eigenvalue weighted by molar-refractivity contribution is 9.10. The Morgan fingerprint density at radius 1 is 1.42 bits per heavy atom. The van der Waals surface area contributed by atoms with E-state index in [1.54, 1.807) is 7.11 Å². The lowest BCUT2D eigenvalue weighted by atomic mass is 10.2. The minimum Gasteiger partial charge on any atom is -0.384 e. The van der Waals surface area contributed by atoms with E-state index >= 15 is 0 Å². The largest absolute Gasteiger partial charge is 0.384 e. The Bertz CT molecular complexity index is 591. The van der Waals surface area contributed by atoms with Crippen LogP contribution in [0.5, 0.6) is 0 Å². The molecule has 2 aromatic rings. The third-order valence-corrected chi connectivity index (χ3v) is 3.11. The molecule has 0 aliphatic carbocycles. The normalized spacial score (nSPS) is 10.4. The molecule has 0 saturated heterocycles. The number of para-hydroxylation sites is 1. The molecule has 100 valence electrons. The molecule has 7 heteroatoms. The summed E-state index contributed by atoms with van der Waals surface area (Å²) in [5, 5.41) is 0.823. The standard InChI is InChI=1S/C12H13BrN4O2/c1-19-6-5-10(18)16-17-12-8-3-2-4-9(13)11(8)14-7-15-12/h2-4,7H,5-6H2,1H3,(H,16,18)(H,14,15,17). The molecule has 0 unspecified atom stereocenters. The second kappa shape index (κ2) is 6.44. The SMILES string of the molecule is COCCC(=O)NNc1ncnc2c(Br)cccc12. The number of anilines is 1. The maximum Gasteiger partial charge on any atom is 0.240 e. The number of fused-ring (bicyclic) bond motifs is 1. The van der Waals surface area contributed by atoms with Crippen LogP contribution in [0.4, 0.5) is 5.82 Å². The highest BCUT2D eigenvalue weighted by Crippen LogP contribution is 2.25. The van der Waals surface area contributed by atoms with Gasteiger partial charge in [-0.25, -0.2) is 9.97 Å². The summed E-state index contributed by atoms with van der Waals surface area (Å²) in [6, 6.07) is 5.66. The quantitative estimate of drug-likeness (QED) is 0.821. The molecule has 0 spiro atoms. The van der Waals surface area contributed by atoms with Crippen molar-refractivity contribution in [2.45, 2.75) is 6.42 Å². The van der Waals surface area contributed by atoms with Crippen molar-refractivity contribution in [3.63, 3.8) is 0 Å². The molecule has 1 heterocycles. The van der Waals surface area contributed by atoms with Crippen LogP contribution in [-0.4, -0.2) is 29.6 Å². The predicted octanol–water partition coefficient (Wildman–Crippen LogP) is 1.87. The number of nitrogens with zero attached hydrogens (tertiary/aromatic N) is 2. The van der Waals surface area contributed by atoms with Crippen LogP contribution < -0.4 is 10.9 Å². The summed E-state index contributed by atoms with van der Waals surface area (Å²) < 4.78 is 5.71. The van der Waals surface area contributed by atoms with E-state index in [1.807, 2.05) is 18.2 Å². The Hall–Kier alpha value is -1.73. The average molecular weight is 325 g/mol. The van der Waals surface area contributed by atoms with Crippen molar-refractivity contribution in [2.24, 2.45) is 0 Å². The smallest absolute Gasteiger partial charge is 0.240 e. The van der Waals surface area contributed by atoms with Crippen LogP contribution in [0.1, 0.15) is 6.42 Å². The van der Waals surface area contributed by atoms with Crippen molar-refractivity contribution >= 4 is 38.6 Å². The number of methoxy groups -OCH3 is 1. The Morgan fingerprint density at radius 3 is 3.05 bits per heavy atom. The van der Waals surface area contributed by atoms with E-state index in [0.717, 1.165) is 15.4 Å². The third-order valence-electron chi connectivity index (χ3n) is 2.47. The number of hydrogen-bond acceptors (Lipinski definition) is 5. The van der Waals surface area contributed by atoms with Crippen molar-refractivity contribution in [3.05, 3.63) is 29.0 Å². The molecule has 2 rings (SSSR count). The van der Waals surface area contributed by atoms with Crippen LogP contribution in [0.15, 0.2) is 29.0 Å². The Morgan fingerprint density at radius 2 is 2.26 bits per heavy atom. The van der Waals surface area contributed by atoms with Gasteiger partial charge in [-0.2, -0.15) is 0 Å². The Balaban J connectivity index is 2.13. The summed E-state index contributed by atoms with van der Waals surface area (Å²) in [7, 11) is 1.55. The molecule has 0 fully saturated rings. The fraction of sp³-hybridized carbons (Fsp3) is 0.250. The van der Waals surface area contributed by atoms with Gasteiger partial charge < -0.3 is 4.74 Å². The molecule has 1 aromatic carbocycles. The van der Waals surface area contributed by atoms with Crippen LogP contribution in [0.25, 0.3) is 10.9 Å². The number of carbonyl (C=O) groups is 1. The van der Waals surface area contributed by atoms with Gasteiger partial charge in [-0.15, -0.1) is 0 Å². The number of amides is 1. The molecular weight excluding hydrogens is 312 g/mol. The molecular formula is C12H13BrN4O2. The summed E-state index contributed by atoms with van der Waals surface area (Å²) in [5.74, 6) is 0.390. The van der Waals surface area contributed by atoms with E-state index in [1.165, 1.54) is 6.33 Å². The molecule has 0 saturated carbocycles. The van der Waals surface area contributed by atoms with Crippen molar-refractivity contribution in [1.82, 2.24) is 15.4 Å². The molecule has 0 bridgehead atoms. The van der Waals surface area contributed by atoms with E-state index in [-0.39, 0.29) is 12.3 Å². The summed E-state index contributed by atoms with van der Waals surface area (Å²) in [6.45, 7) is 0.379. The lowest BCUT2D eigenvalue weighted by Gasteiger charge is -2.10. The Labute approximate surface area is 118 Å². The molecule has 0 aliphatic rings. The van der Waals surface area contributed by atoms with Crippen LogP contribution in [0.2, 0.25) is 0 Å². The Kier molecular flexibility index (Phi) is 4.64.